The SMILES string of the molecule is ClC(=[N+]=C(Cl)c1ccccc1)c1ccccc1. The van der Waals surface area contributed by atoms with Gasteiger partial charge in [-0.2, -0.15) is 0 Å². The number of nitrogens with zero attached hydrogens (tertiary/aromatic N) is 1. The molecule has 84 valence electrons. The zero-order valence-corrected chi connectivity index (χ0v) is 10.5. The molecule has 0 heterocycles. The van der Waals surface area contributed by atoms with Crippen LogP contribution in [0.2, 0.25) is 0 Å². The van der Waals surface area contributed by atoms with Crippen molar-refractivity contribution >= 4 is 33.5 Å². The van der Waals surface area contributed by atoms with Crippen LogP contribution in [-0.2, 0) is 0 Å². The van der Waals surface area contributed by atoms with E-state index in [1.807, 2.05) is 60.7 Å². The van der Waals surface area contributed by atoms with E-state index in [0.29, 0.717) is 10.3 Å². The van der Waals surface area contributed by atoms with E-state index in [2.05, 4.69) is 4.67 Å². The van der Waals surface area contributed by atoms with E-state index < -0.39 is 0 Å². The highest BCUT2D eigenvalue weighted by atomic mass is 35.5. The standard InChI is InChI=1S/C14H10Cl2N/c15-13(11-7-3-1-4-8-11)17-14(16)12-9-5-2-6-10-12/h1-10H/q+1. The summed E-state index contributed by atoms with van der Waals surface area (Å²) >= 11 is 12.2. The van der Waals surface area contributed by atoms with E-state index in [1.54, 1.807) is 0 Å². The second kappa shape index (κ2) is 5.70. The van der Waals surface area contributed by atoms with Crippen LogP contribution < -0.4 is 4.67 Å². The lowest BCUT2D eigenvalue weighted by molar-refractivity contribution is 1.58. The molecule has 0 bridgehead atoms. The summed E-state index contributed by atoms with van der Waals surface area (Å²) in [6, 6.07) is 19.0. The largest absolute Gasteiger partial charge is 0.405 e. The fourth-order valence-corrected chi connectivity index (χ4v) is 1.83. The van der Waals surface area contributed by atoms with Crippen molar-refractivity contribution in [3.63, 3.8) is 0 Å². The minimum atomic E-state index is 0.388. The monoisotopic (exact) mass is 262 g/mol. The Morgan fingerprint density at radius 2 is 1.00 bits per heavy atom. The highest BCUT2D eigenvalue weighted by Crippen LogP contribution is 2.04. The van der Waals surface area contributed by atoms with E-state index in [1.165, 1.54) is 0 Å². The maximum atomic E-state index is 6.10. The van der Waals surface area contributed by atoms with Crippen molar-refractivity contribution in [2.45, 2.75) is 0 Å². The number of hydrogen-bond acceptors (Lipinski definition) is 0. The van der Waals surface area contributed by atoms with Gasteiger partial charge in [-0.3, -0.25) is 0 Å². The minimum absolute atomic E-state index is 0.388. The lowest BCUT2D eigenvalue weighted by Crippen LogP contribution is -2.02. The molecule has 0 amide bonds. The highest BCUT2D eigenvalue weighted by Gasteiger charge is 2.13. The molecule has 0 aliphatic carbocycles. The zero-order chi connectivity index (χ0) is 12.1. The Balaban J connectivity index is 2.42. The first kappa shape index (κ1) is 11.9. The molecule has 0 radical (unpaired) electrons. The van der Waals surface area contributed by atoms with Crippen LogP contribution in [0.1, 0.15) is 11.1 Å². The van der Waals surface area contributed by atoms with Crippen LogP contribution in [0.25, 0.3) is 0 Å². The van der Waals surface area contributed by atoms with Gasteiger partial charge in [0, 0.05) is 23.2 Å². The molecule has 0 N–H and O–H groups in total. The van der Waals surface area contributed by atoms with E-state index in [4.69, 9.17) is 23.2 Å². The van der Waals surface area contributed by atoms with Crippen LogP contribution in [0, 0.1) is 0 Å². The molecule has 0 atom stereocenters. The van der Waals surface area contributed by atoms with Gasteiger partial charge in [0.2, 0.25) is 0 Å². The first-order valence-electron chi connectivity index (χ1n) is 5.15. The third kappa shape index (κ3) is 3.21. The lowest BCUT2D eigenvalue weighted by Gasteiger charge is -1.87. The minimum Gasteiger partial charge on any atom is -0.0622 e. The van der Waals surface area contributed by atoms with Crippen LogP contribution >= 0.6 is 23.2 Å². The Bertz CT molecular complexity index is 506. The van der Waals surface area contributed by atoms with Crippen molar-refractivity contribution in [1.82, 2.24) is 4.67 Å². The highest BCUT2D eigenvalue weighted by molar-refractivity contribution is 6.73. The van der Waals surface area contributed by atoms with Crippen molar-refractivity contribution in [1.29, 1.82) is 0 Å². The van der Waals surface area contributed by atoms with Gasteiger partial charge in [0.25, 0.3) is 0 Å². The third-order valence-corrected chi connectivity index (χ3v) is 2.83. The summed E-state index contributed by atoms with van der Waals surface area (Å²) in [5.41, 5.74) is 1.70. The quantitative estimate of drug-likeness (QED) is 0.582. The van der Waals surface area contributed by atoms with Gasteiger partial charge < -0.3 is 0 Å². The summed E-state index contributed by atoms with van der Waals surface area (Å²) in [5, 5.41) is 0.777. The van der Waals surface area contributed by atoms with E-state index in [9.17, 15) is 0 Å². The number of hydrogen-bond donors (Lipinski definition) is 0. The molecule has 3 heteroatoms. The molecule has 2 aromatic rings. The average molecular weight is 263 g/mol. The maximum Gasteiger partial charge on any atom is 0.405 e. The Kier molecular flexibility index (Phi) is 4.00. The average Bonchev–Trinajstić information content (AvgIpc) is 2.40. The molecule has 1 nitrogen and oxygen atoms in total. The molecule has 0 unspecified atom stereocenters. The van der Waals surface area contributed by atoms with E-state index >= 15 is 0 Å². The van der Waals surface area contributed by atoms with Crippen LogP contribution in [0.15, 0.2) is 60.7 Å². The molecule has 0 fully saturated rings. The molecule has 2 aromatic carbocycles. The number of rotatable bonds is 2. The fraction of sp³-hybridized carbons (Fsp3) is 0. The lowest BCUT2D eigenvalue weighted by atomic mass is 10.2. The van der Waals surface area contributed by atoms with Crippen molar-refractivity contribution < 1.29 is 0 Å². The molecule has 17 heavy (non-hydrogen) atoms. The Hall–Kier alpha value is -1.53. The molecular formula is C14H10Cl2N+. The van der Waals surface area contributed by atoms with Gasteiger partial charge in [-0.1, -0.05) is 41.1 Å². The fourth-order valence-electron chi connectivity index (χ4n) is 1.37. The van der Waals surface area contributed by atoms with E-state index in [-0.39, 0.29) is 0 Å². The molecular weight excluding hydrogens is 253 g/mol. The maximum absolute atomic E-state index is 6.10. The molecule has 2 rings (SSSR count). The summed E-state index contributed by atoms with van der Waals surface area (Å²) in [6.45, 7) is 0. The first-order chi connectivity index (χ1) is 8.27. The zero-order valence-electron chi connectivity index (χ0n) is 8.98. The third-order valence-electron chi connectivity index (χ3n) is 2.22. The van der Waals surface area contributed by atoms with Crippen LogP contribution in [0.4, 0.5) is 0 Å². The van der Waals surface area contributed by atoms with Gasteiger partial charge in [0.05, 0.1) is 11.1 Å². The van der Waals surface area contributed by atoms with Crippen LogP contribution in [-0.4, -0.2) is 10.3 Å². The predicted octanol–water partition coefficient (Wildman–Crippen LogP) is 3.42. The normalized spacial score (nSPS) is 9.53. The van der Waals surface area contributed by atoms with Crippen LogP contribution in [0.3, 0.4) is 0 Å². The summed E-state index contributed by atoms with van der Waals surface area (Å²) in [6.07, 6.45) is 0. The Morgan fingerprint density at radius 3 is 1.35 bits per heavy atom. The summed E-state index contributed by atoms with van der Waals surface area (Å²) in [7, 11) is 0. The van der Waals surface area contributed by atoms with Gasteiger partial charge >= 0.3 is 10.3 Å². The topological polar surface area (TPSA) is 14.1 Å². The molecule has 0 spiro atoms. The molecule has 0 aromatic heterocycles. The Morgan fingerprint density at radius 1 is 0.647 bits per heavy atom. The van der Waals surface area contributed by atoms with Gasteiger partial charge in [0.15, 0.2) is 0 Å². The molecule has 0 saturated carbocycles. The number of halogens is 2. The molecule has 0 aliphatic rings. The van der Waals surface area contributed by atoms with Gasteiger partial charge in [-0.15, -0.1) is 0 Å². The molecule has 0 saturated heterocycles. The van der Waals surface area contributed by atoms with E-state index in [0.717, 1.165) is 11.1 Å². The first-order valence-corrected chi connectivity index (χ1v) is 5.90. The Labute approximate surface area is 110 Å². The number of benzene rings is 2. The van der Waals surface area contributed by atoms with Crippen molar-refractivity contribution in [2.75, 3.05) is 0 Å². The summed E-state index contributed by atoms with van der Waals surface area (Å²) in [4.78, 5) is 0. The van der Waals surface area contributed by atoms with Crippen molar-refractivity contribution in [3.8, 4) is 0 Å². The van der Waals surface area contributed by atoms with Gasteiger partial charge in [0.1, 0.15) is 0 Å². The predicted molar refractivity (Wildman–Crippen MR) is 74.9 cm³/mol. The second-order valence-corrected chi connectivity index (χ2v) is 4.14. The molecule has 0 aliphatic heterocycles. The van der Waals surface area contributed by atoms with Crippen molar-refractivity contribution in [2.24, 2.45) is 0 Å². The van der Waals surface area contributed by atoms with Gasteiger partial charge in [-0.05, 0) is 24.3 Å². The summed E-state index contributed by atoms with van der Waals surface area (Å²) in [5.74, 6) is 0. The van der Waals surface area contributed by atoms with Gasteiger partial charge in [-0.25, -0.2) is 0 Å². The van der Waals surface area contributed by atoms with Crippen molar-refractivity contribution in [3.05, 3.63) is 71.8 Å². The summed E-state index contributed by atoms with van der Waals surface area (Å²) < 4.78 is 4.18. The van der Waals surface area contributed by atoms with Crippen LogP contribution in [0.5, 0.6) is 0 Å². The smallest absolute Gasteiger partial charge is 0.0622 e. The second-order valence-electron chi connectivity index (χ2n) is 3.43.